The number of carbonyl (C=O) groups is 1. The topological polar surface area (TPSA) is 55.1 Å². The van der Waals surface area contributed by atoms with Gasteiger partial charge in [-0.05, 0) is 30.5 Å². The Kier molecular flexibility index (Phi) is 5.45. The van der Waals surface area contributed by atoms with E-state index in [9.17, 15) is 4.79 Å². The van der Waals surface area contributed by atoms with Gasteiger partial charge in [-0.2, -0.15) is 0 Å². The summed E-state index contributed by atoms with van der Waals surface area (Å²) >= 11 is 11.9. The number of hydrogen-bond acceptors (Lipinski definition) is 2. The summed E-state index contributed by atoms with van der Waals surface area (Å²) in [5, 5.41) is 3.95. The Labute approximate surface area is 118 Å². The van der Waals surface area contributed by atoms with Gasteiger partial charge in [0, 0.05) is 10.0 Å². The van der Waals surface area contributed by atoms with Gasteiger partial charge in [0.15, 0.2) is 0 Å². The molecule has 0 aliphatic heterocycles. The second-order valence-corrected chi connectivity index (χ2v) is 5.51. The first-order chi connectivity index (χ1) is 8.32. The molecule has 0 aliphatic rings. The van der Waals surface area contributed by atoms with Crippen LogP contribution in [0.3, 0.4) is 0 Å². The van der Waals surface area contributed by atoms with Gasteiger partial charge in [0.05, 0.1) is 12.1 Å². The predicted octanol–water partition coefficient (Wildman–Crippen LogP) is 3.15. The molecule has 0 heterocycles. The molecular weight excluding hydrogens is 271 g/mol. The van der Waals surface area contributed by atoms with E-state index in [4.69, 9.17) is 28.9 Å². The summed E-state index contributed by atoms with van der Waals surface area (Å²) in [7, 11) is 0. The van der Waals surface area contributed by atoms with E-state index in [-0.39, 0.29) is 17.9 Å². The SMILES string of the molecule is CC(NC(=O)C(N)C(C)C)c1ccc(Cl)cc1Cl. The average Bonchev–Trinajstić information content (AvgIpc) is 2.27. The van der Waals surface area contributed by atoms with E-state index in [0.717, 1.165) is 5.56 Å². The molecule has 100 valence electrons. The number of benzene rings is 1. The molecule has 1 aromatic carbocycles. The van der Waals surface area contributed by atoms with Crippen LogP contribution in [0.5, 0.6) is 0 Å². The van der Waals surface area contributed by atoms with Crippen LogP contribution < -0.4 is 11.1 Å². The van der Waals surface area contributed by atoms with Crippen LogP contribution in [0.4, 0.5) is 0 Å². The van der Waals surface area contributed by atoms with Gasteiger partial charge in [-0.3, -0.25) is 4.79 Å². The second-order valence-electron chi connectivity index (χ2n) is 4.67. The molecule has 0 bridgehead atoms. The van der Waals surface area contributed by atoms with E-state index in [0.29, 0.717) is 10.0 Å². The first-order valence-corrected chi connectivity index (χ1v) is 6.59. The Morgan fingerprint density at radius 1 is 1.28 bits per heavy atom. The summed E-state index contributed by atoms with van der Waals surface area (Å²) in [6.07, 6.45) is 0. The van der Waals surface area contributed by atoms with E-state index in [1.165, 1.54) is 0 Å². The summed E-state index contributed by atoms with van der Waals surface area (Å²) in [5.74, 6) is -0.0820. The van der Waals surface area contributed by atoms with Crippen LogP contribution >= 0.6 is 23.2 Å². The van der Waals surface area contributed by atoms with Gasteiger partial charge in [0.2, 0.25) is 5.91 Å². The van der Waals surface area contributed by atoms with Crippen LogP contribution in [0.2, 0.25) is 10.0 Å². The Bertz CT molecular complexity index is 435. The summed E-state index contributed by atoms with van der Waals surface area (Å²) < 4.78 is 0. The molecular formula is C13H18Cl2N2O. The van der Waals surface area contributed by atoms with Crippen molar-refractivity contribution in [1.29, 1.82) is 0 Å². The van der Waals surface area contributed by atoms with Gasteiger partial charge in [-0.25, -0.2) is 0 Å². The molecule has 1 rings (SSSR count). The molecule has 2 atom stereocenters. The Morgan fingerprint density at radius 2 is 1.89 bits per heavy atom. The van der Waals surface area contributed by atoms with Crippen LogP contribution in [0.15, 0.2) is 18.2 Å². The lowest BCUT2D eigenvalue weighted by molar-refractivity contribution is -0.123. The zero-order chi connectivity index (χ0) is 13.9. The summed E-state index contributed by atoms with van der Waals surface area (Å²) in [5.41, 5.74) is 6.61. The average molecular weight is 289 g/mol. The van der Waals surface area contributed by atoms with Crippen molar-refractivity contribution in [3.8, 4) is 0 Å². The molecule has 18 heavy (non-hydrogen) atoms. The highest BCUT2D eigenvalue weighted by atomic mass is 35.5. The lowest BCUT2D eigenvalue weighted by atomic mass is 10.0. The number of nitrogens with one attached hydrogen (secondary N) is 1. The standard InChI is InChI=1S/C13H18Cl2N2O/c1-7(2)12(16)13(18)17-8(3)10-5-4-9(14)6-11(10)15/h4-8,12H,16H2,1-3H3,(H,17,18). The van der Waals surface area contributed by atoms with Gasteiger partial charge >= 0.3 is 0 Å². The first-order valence-electron chi connectivity index (χ1n) is 5.83. The zero-order valence-electron chi connectivity index (χ0n) is 10.7. The number of hydrogen-bond donors (Lipinski definition) is 2. The molecule has 0 saturated heterocycles. The highest BCUT2D eigenvalue weighted by Gasteiger charge is 2.20. The van der Waals surface area contributed by atoms with Crippen molar-refractivity contribution in [3.05, 3.63) is 33.8 Å². The van der Waals surface area contributed by atoms with Crippen LogP contribution in [0.1, 0.15) is 32.4 Å². The highest BCUT2D eigenvalue weighted by molar-refractivity contribution is 6.35. The Balaban J connectivity index is 2.76. The van der Waals surface area contributed by atoms with E-state index in [2.05, 4.69) is 5.32 Å². The first kappa shape index (κ1) is 15.3. The molecule has 0 radical (unpaired) electrons. The van der Waals surface area contributed by atoms with Crippen molar-refractivity contribution in [1.82, 2.24) is 5.32 Å². The van der Waals surface area contributed by atoms with Gasteiger partial charge < -0.3 is 11.1 Å². The summed E-state index contributed by atoms with van der Waals surface area (Å²) in [4.78, 5) is 11.8. The third-order valence-electron chi connectivity index (χ3n) is 2.81. The van der Waals surface area contributed by atoms with Gasteiger partial charge in [0.25, 0.3) is 0 Å². The third kappa shape index (κ3) is 3.87. The van der Waals surface area contributed by atoms with Crippen molar-refractivity contribution < 1.29 is 4.79 Å². The van der Waals surface area contributed by atoms with Crippen molar-refractivity contribution in [2.45, 2.75) is 32.9 Å². The van der Waals surface area contributed by atoms with Crippen molar-refractivity contribution in [2.24, 2.45) is 11.7 Å². The molecule has 3 nitrogen and oxygen atoms in total. The number of carbonyl (C=O) groups excluding carboxylic acids is 1. The van der Waals surface area contributed by atoms with Crippen LogP contribution in [0, 0.1) is 5.92 Å². The summed E-state index contributed by atoms with van der Waals surface area (Å²) in [6, 6.07) is 4.49. The molecule has 0 fully saturated rings. The van der Waals surface area contributed by atoms with E-state index in [1.54, 1.807) is 18.2 Å². The molecule has 3 N–H and O–H groups in total. The second kappa shape index (κ2) is 6.41. The van der Waals surface area contributed by atoms with E-state index in [1.807, 2.05) is 20.8 Å². The van der Waals surface area contributed by atoms with Gasteiger partial charge in [-0.15, -0.1) is 0 Å². The fourth-order valence-corrected chi connectivity index (χ4v) is 2.11. The monoisotopic (exact) mass is 288 g/mol. The van der Waals surface area contributed by atoms with E-state index >= 15 is 0 Å². The van der Waals surface area contributed by atoms with Crippen LogP contribution in [0.25, 0.3) is 0 Å². The largest absolute Gasteiger partial charge is 0.348 e. The van der Waals surface area contributed by atoms with Crippen LogP contribution in [-0.4, -0.2) is 11.9 Å². The maximum atomic E-state index is 11.8. The van der Waals surface area contributed by atoms with Crippen LogP contribution in [-0.2, 0) is 4.79 Å². The molecule has 0 aromatic heterocycles. The molecule has 0 saturated carbocycles. The number of rotatable bonds is 4. The number of nitrogens with two attached hydrogens (primary N) is 1. The summed E-state index contributed by atoms with van der Waals surface area (Å²) in [6.45, 7) is 5.68. The smallest absolute Gasteiger partial charge is 0.237 e. The molecule has 5 heteroatoms. The fraction of sp³-hybridized carbons (Fsp3) is 0.462. The lowest BCUT2D eigenvalue weighted by Gasteiger charge is -2.20. The van der Waals surface area contributed by atoms with Crippen molar-refractivity contribution in [2.75, 3.05) is 0 Å². The quantitative estimate of drug-likeness (QED) is 0.894. The number of halogens is 2. The molecule has 0 spiro atoms. The van der Waals surface area contributed by atoms with Gasteiger partial charge in [0.1, 0.15) is 0 Å². The minimum absolute atomic E-state index is 0.0953. The lowest BCUT2D eigenvalue weighted by Crippen LogP contribution is -2.44. The molecule has 1 amide bonds. The predicted molar refractivity (Wildman–Crippen MR) is 75.8 cm³/mol. The van der Waals surface area contributed by atoms with Crippen molar-refractivity contribution in [3.63, 3.8) is 0 Å². The minimum atomic E-state index is -0.515. The van der Waals surface area contributed by atoms with Gasteiger partial charge in [-0.1, -0.05) is 43.1 Å². The zero-order valence-corrected chi connectivity index (χ0v) is 12.2. The maximum Gasteiger partial charge on any atom is 0.237 e. The molecule has 2 unspecified atom stereocenters. The maximum absolute atomic E-state index is 11.8. The van der Waals surface area contributed by atoms with Crippen molar-refractivity contribution >= 4 is 29.1 Å². The minimum Gasteiger partial charge on any atom is -0.348 e. The molecule has 0 aliphatic carbocycles. The highest BCUT2D eigenvalue weighted by Crippen LogP contribution is 2.26. The Morgan fingerprint density at radius 3 is 2.39 bits per heavy atom. The number of amides is 1. The molecule has 1 aromatic rings. The normalized spacial score (nSPS) is 14.4. The third-order valence-corrected chi connectivity index (χ3v) is 3.37. The fourth-order valence-electron chi connectivity index (χ4n) is 1.54. The Hall–Kier alpha value is -0.770. The van der Waals surface area contributed by atoms with E-state index < -0.39 is 6.04 Å².